The predicted molar refractivity (Wildman–Crippen MR) is 82.7 cm³/mol. The number of rotatable bonds is 6. The van der Waals surface area contributed by atoms with Gasteiger partial charge in [0.05, 0.1) is 21.3 Å². The van der Waals surface area contributed by atoms with Gasteiger partial charge in [-0.2, -0.15) is 0 Å². The summed E-state index contributed by atoms with van der Waals surface area (Å²) in [6.45, 7) is 0.327. The van der Waals surface area contributed by atoms with Crippen LogP contribution in [0.1, 0.15) is 16.1 Å². The average Bonchev–Trinajstić information content (AvgIpc) is 2.97. The third-order valence-corrected chi connectivity index (χ3v) is 3.40. The zero-order valence-electron chi connectivity index (χ0n) is 13.2. The maximum atomic E-state index is 12.1. The van der Waals surface area contributed by atoms with Crippen LogP contribution in [0.5, 0.6) is 17.2 Å². The molecule has 0 spiro atoms. The zero-order chi connectivity index (χ0) is 16.1. The van der Waals surface area contributed by atoms with Crippen molar-refractivity contribution in [2.45, 2.75) is 6.54 Å². The van der Waals surface area contributed by atoms with Crippen molar-refractivity contribution in [3.8, 4) is 17.2 Å². The Bertz CT molecular complexity index is 664. The molecule has 22 heavy (non-hydrogen) atoms. The molecule has 0 bridgehead atoms. The van der Waals surface area contributed by atoms with Crippen LogP contribution in [-0.4, -0.2) is 31.8 Å². The number of aromatic nitrogens is 1. The molecule has 0 unspecified atom stereocenters. The van der Waals surface area contributed by atoms with Crippen LogP contribution in [0, 0.1) is 0 Å². The molecule has 0 atom stereocenters. The van der Waals surface area contributed by atoms with Gasteiger partial charge in [0.1, 0.15) is 11.4 Å². The van der Waals surface area contributed by atoms with Gasteiger partial charge in [0.2, 0.25) is 0 Å². The van der Waals surface area contributed by atoms with Gasteiger partial charge in [-0.3, -0.25) is 4.79 Å². The number of benzene rings is 1. The molecule has 0 saturated carbocycles. The van der Waals surface area contributed by atoms with Gasteiger partial charge in [-0.15, -0.1) is 0 Å². The van der Waals surface area contributed by atoms with Gasteiger partial charge in [-0.25, -0.2) is 0 Å². The Morgan fingerprint density at radius 1 is 1.09 bits per heavy atom. The van der Waals surface area contributed by atoms with E-state index < -0.39 is 0 Å². The van der Waals surface area contributed by atoms with Crippen LogP contribution in [0.15, 0.2) is 30.5 Å². The molecule has 0 aliphatic carbocycles. The van der Waals surface area contributed by atoms with E-state index >= 15 is 0 Å². The topological polar surface area (TPSA) is 61.7 Å². The fourth-order valence-electron chi connectivity index (χ4n) is 2.19. The fraction of sp³-hybridized carbons (Fsp3) is 0.312. The summed E-state index contributed by atoms with van der Waals surface area (Å²) >= 11 is 0. The van der Waals surface area contributed by atoms with Crippen molar-refractivity contribution < 1.29 is 19.0 Å². The molecule has 1 N–H and O–H groups in total. The molecule has 1 aromatic heterocycles. The van der Waals surface area contributed by atoms with Crippen LogP contribution in [-0.2, 0) is 13.6 Å². The van der Waals surface area contributed by atoms with E-state index in [1.807, 2.05) is 19.3 Å². The maximum absolute atomic E-state index is 12.1. The third kappa shape index (κ3) is 3.16. The zero-order valence-corrected chi connectivity index (χ0v) is 13.2. The Labute approximate surface area is 129 Å². The lowest BCUT2D eigenvalue weighted by Gasteiger charge is -2.14. The van der Waals surface area contributed by atoms with Crippen LogP contribution in [0.25, 0.3) is 0 Å². The predicted octanol–water partition coefficient (Wildman–Crippen LogP) is 1.98. The van der Waals surface area contributed by atoms with Crippen LogP contribution < -0.4 is 19.5 Å². The lowest BCUT2D eigenvalue weighted by Crippen LogP contribution is -2.25. The SMILES string of the molecule is COc1cc(OC)c(OC)cc1CNC(=O)c1cccn1C. The summed E-state index contributed by atoms with van der Waals surface area (Å²) in [5.41, 5.74) is 1.40. The Morgan fingerprint density at radius 3 is 2.27 bits per heavy atom. The van der Waals surface area contributed by atoms with E-state index in [1.54, 1.807) is 44.1 Å². The quantitative estimate of drug-likeness (QED) is 0.886. The van der Waals surface area contributed by atoms with Crippen molar-refractivity contribution in [1.82, 2.24) is 9.88 Å². The van der Waals surface area contributed by atoms with E-state index in [2.05, 4.69) is 5.32 Å². The van der Waals surface area contributed by atoms with E-state index in [0.29, 0.717) is 29.5 Å². The van der Waals surface area contributed by atoms with E-state index in [0.717, 1.165) is 5.56 Å². The molecular weight excluding hydrogens is 284 g/mol. The van der Waals surface area contributed by atoms with E-state index in [9.17, 15) is 4.79 Å². The van der Waals surface area contributed by atoms with Crippen LogP contribution in [0.2, 0.25) is 0 Å². The lowest BCUT2D eigenvalue weighted by atomic mass is 10.1. The van der Waals surface area contributed by atoms with Crippen molar-refractivity contribution in [3.05, 3.63) is 41.7 Å². The second-order valence-electron chi connectivity index (χ2n) is 4.71. The molecule has 0 saturated heterocycles. The maximum Gasteiger partial charge on any atom is 0.268 e. The number of hydrogen-bond acceptors (Lipinski definition) is 4. The highest BCUT2D eigenvalue weighted by Crippen LogP contribution is 2.34. The van der Waals surface area contributed by atoms with Crippen molar-refractivity contribution in [2.75, 3.05) is 21.3 Å². The first-order valence-electron chi connectivity index (χ1n) is 6.79. The van der Waals surface area contributed by atoms with E-state index in [1.165, 1.54) is 0 Å². The largest absolute Gasteiger partial charge is 0.496 e. The fourth-order valence-corrected chi connectivity index (χ4v) is 2.19. The van der Waals surface area contributed by atoms with Crippen LogP contribution in [0.4, 0.5) is 0 Å². The molecule has 1 aromatic carbocycles. The minimum absolute atomic E-state index is 0.149. The summed E-state index contributed by atoms with van der Waals surface area (Å²) in [6, 6.07) is 7.12. The number of ether oxygens (including phenoxy) is 3. The highest BCUT2D eigenvalue weighted by molar-refractivity contribution is 5.92. The van der Waals surface area contributed by atoms with E-state index in [4.69, 9.17) is 14.2 Å². The molecule has 0 aliphatic heterocycles. The number of carbonyl (C=O) groups is 1. The smallest absolute Gasteiger partial charge is 0.268 e. The number of aryl methyl sites for hydroxylation is 1. The molecule has 118 valence electrons. The summed E-state index contributed by atoms with van der Waals surface area (Å²) in [6.07, 6.45) is 1.83. The minimum atomic E-state index is -0.149. The highest BCUT2D eigenvalue weighted by Gasteiger charge is 2.14. The van der Waals surface area contributed by atoms with Crippen molar-refractivity contribution >= 4 is 5.91 Å². The van der Waals surface area contributed by atoms with Gasteiger partial charge in [-0.05, 0) is 18.2 Å². The minimum Gasteiger partial charge on any atom is -0.496 e. The second-order valence-corrected chi connectivity index (χ2v) is 4.71. The average molecular weight is 304 g/mol. The summed E-state index contributed by atoms with van der Waals surface area (Å²) in [4.78, 5) is 12.1. The summed E-state index contributed by atoms with van der Waals surface area (Å²) < 4.78 is 17.6. The summed E-state index contributed by atoms with van der Waals surface area (Å²) in [7, 11) is 6.53. The molecule has 0 fully saturated rings. The summed E-state index contributed by atoms with van der Waals surface area (Å²) in [5.74, 6) is 1.65. The molecule has 2 rings (SSSR count). The molecule has 1 amide bonds. The number of hydrogen-bond donors (Lipinski definition) is 1. The van der Waals surface area contributed by atoms with E-state index in [-0.39, 0.29) is 5.91 Å². The van der Waals surface area contributed by atoms with Gasteiger partial charge in [0.15, 0.2) is 11.5 Å². The Morgan fingerprint density at radius 2 is 1.73 bits per heavy atom. The molecule has 0 radical (unpaired) electrons. The van der Waals surface area contributed by atoms with Gasteiger partial charge >= 0.3 is 0 Å². The first-order valence-corrected chi connectivity index (χ1v) is 6.79. The van der Waals surface area contributed by atoms with Crippen molar-refractivity contribution in [3.63, 3.8) is 0 Å². The molecular formula is C16H20N2O4. The molecule has 1 heterocycles. The summed E-state index contributed by atoms with van der Waals surface area (Å²) in [5, 5.41) is 2.87. The van der Waals surface area contributed by atoms with Crippen LogP contribution in [0.3, 0.4) is 0 Å². The standard InChI is InChI=1S/C16H20N2O4/c1-18-7-5-6-12(18)16(19)17-10-11-8-14(21-3)15(22-4)9-13(11)20-2/h5-9H,10H2,1-4H3,(H,17,19). The van der Waals surface area contributed by atoms with Gasteiger partial charge < -0.3 is 24.1 Å². The normalized spacial score (nSPS) is 10.2. The van der Waals surface area contributed by atoms with Gasteiger partial charge in [0.25, 0.3) is 5.91 Å². The number of nitrogens with zero attached hydrogens (tertiary/aromatic N) is 1. The van der Waals surface area contributed by atoms with Crippen molar-refractivity contribution in [2.24, 2.45) is 7.05 Å². The number of carbonyl (C=O) groups excluding carboxylic acids is 1. The van der Waals surface area contributed by atoms with Crippen LogP contribution >= 0.6 is 0 Å². The monoisotopic (exact) mass is 304 g/mol. The molecule has 0 aliphatic rings. The Hall–Kier alpha value is -2.63. The third-order valence-electron chi connectivity index (χ3n) is 3.40. The van der Waals surface area contributed by atoms with Crippen molar-refractivity contribution in [1.29, 1.82) is 0 Å². The van der Waals surface area contributed by atoms with Gasteiger partial charge in [-0.1, -0.05) is 0 Å². The molecule has 6 heteroatoms. The number of amides is 1. The van der Waals surface area contributed by atoms with Gasteiger partial charge in [0, 0.05) is 31.4 Å². The first kappa shape index (κ1) is 15.8. The molecule has 2 aromatic rings. The first-order chi connectivity index (χ1) is 10.6. The second kappa shape index (κ2) is 6.89. The molecule has 6 nitrogen and oxygen atoms in total. The number of nitrogens with one attached hydrogen (secondary N) is 1. The highest BCUT2D eigenvalue weighted by atomic mass is 16.5. The Balaban J connectivity index is 2.18. The Kier molecular flexibility index (Phi) is 4.93. The lowest BCUT2D eigenvalue weighted by molar-refractivity contribution is 0.0942. The number of methoxy groups -OCH3 is 3.